The fourth-order valence-electron chi connectivity index (χ4n) is 2.67. The van der Waals surface area contributed by atoms with Crippen LogP contribution < -0.4 is 5.32 Å². The van der Waals surface area contributed by atoms with E-state index in [4.69, 9.17) is 0 Å². The molecule has 18 heavy (non-hydrogen) atoms. The van der Waals surface area contributed by atoms with E-state index in [0.717, 1.165) is 19.4 Å². The summed E-state index contributed by atoms with van der Waals surface area (Å²) in [7, 11) is 0. The van der Waals surface area contributed by atoms with Crippen LogP contribution in [0, 0.1) is 0 Å². The molecule has 0 aliphatic heterocycles. The van der Waals surface area contributed by atoms with E-state index in [1.807, 2.05) is 13.8 Å². The molecule has 0 saturated heterocycles. The van der Waals surface area contributed by atoms with Gasteiger partial charge in [0.05, 0.1) is 5.60 Å². The molecule has 0 bridgehead atoms. The minimum atomic E-state index is -0.545. The summed E-state index contributed by atoms with van der Waals surface area (Å²) in [4.78, 5) is 0. The van der Waals surface area contributed by atoms with E-state index in [1.54, 1.807) is 0 Å². The van der Waals surface area contributed by atoms with Crippen molar-refractivity contribution in [1.29, 1.82) is 0 Å². The SMILES string of the molecule is CCC(O)(CC)CNCc1ccc2c(c1)CCC2. The molecule has 0 fully saturated rings. The van der Waals surface area contributed by atoms with Gasteiger partial charge in [0.1, 0.15) is 0 Å². The average Bonchev–Trinajstić information content (AvgIpc) is 2.86. The predicted molar refractivity (Wildman–Crippen MR) is 75.7 cm³/mol. The lowest BCUT2D eigenvalue weighted by atomic mass is 9.97. The molecule has 0 atom stereocenters. The Bertz CT molecular complexity index is 396. The Morgan fingerprint density at radius 2 is 1.89 bits per heavy atom. The maximum absolute atomic E-state index is 10.2. The van der Waals surface area contributed by atoms with E-state index in [9.17, 15) is 5.11 Å². The summed E-state index contributed by atoms with van der Waals surface area (Å²) in [5.41, 5.74) is 3.84. The summed E-state index contributed by atoms with van der Waals surface area (Å²) in [5, 5.41) is 13.6. The van der Waals surface area contributed by atoms with E-state index in [-0.39, 0.29) is 0 Å². The first-order chi connectivity index (χ1) is 8.67. The van der Waals surface area contributed by atoms with E-state index in [2.05, 4.69) is 23.5 Å². The van der Waals surface area contributed by atoms with Crippen LogP contribution in [-0.4, -0.2) is 17.3 Å². The molecular weight excluding hydrogens is 222 g/mol. The summed E-state index contributed by atoms with van der Waals surface area (Å²) in [5.74, 6) is 0. The summed E-state index contributed by atoms with van der Waals surface area (Å²) in [6.07, 6.45) is 5.39. The first kappa shape index (κ1) is 13.6. The number of nitrogens with one attached hydrogen (secondary N) is 1. The molecule has 100 valence electrons. The smallest absolute Gasteiger partial charge is 0.0766 e. The number of hydrogen-bond donors (Lipinski definition) is 2. The third kappa shape index (κ3) is 3.12. The van der Waals surface area contributed by atoms with Gasteiger partial charge in [0.15, 0.2) is 0 Å². The Morgan fingerprint density at radius 3 is 2.61 bits per heavy atom. The summed E-state index contributed by atoms with van der Waals surface area (Å²) < 4.78 is 0. The van der Waals surface area contributed by atoms with Gasteiger partial charge in [-0.25, -0.2) is 0 Å². The van der Waals surface area contributed by atoms with Gasteiger partial charge in [-0.15, -0.1) is 0 Å². The third-order valence-corrected chi connectivity index (χ3v) is 4.26. The highest BCUT2D eigenvalue weighted by Gasteiger charge is 2.21. The number of benzene rings is 1. The van der Waals surface area contributed by atoms with Crippen molar-refractivity contribution < 1.29 is 5.11 Å². The van der Waals surface area contributed by atoms with Crippen LogP contribution in [0.15, 0.2) is 18.2 Å². The Hall–Kier alpha value is -0.860. The first-order valence-corrected chi connectivity index (χ1v) is 7.20. The van der Waals surface area contributed by atoms with Gasteiger partial charge in [-0.2, -0.15) is 0 Å². The highest BCUT2D eigenvalue weighted by atomic mass is 16.3. The Kier molecular flexibility index (Phi) is 4.41. The van der Waals surface area contributed by atoms with E-state index in [1.165, 1.54) is 36.0 Å². The number of aryl methyl sites for hydroxylation is 2. The summed E-state index contributed by atoms with van der Waals surface area (Å²) in [6, 6.07) is 6.81. The molecule has 0 saturated carbocycles. The molecule has 2 nitrogen and oxygen atoms in total. The topological polar surface area (TPSA) is 32.3 Å². The van der Waals surface area contributed by atoms with Crippen molar-refractivity contribution in [3.63, 3.8) is 0 Å². The average molecular weight is 247 g/mol. The van der Waals surface area contributed by atoms with Crippen LogP contribution in [0.1, 0.15) is 49.8 Å². The van der Waals surface area contributed by atoms with Crippen LogP contribution in [0.5, 0.6) is 0 Å². The van der Waals surface area contributed by atoms with Crippen LogP contribution >= 0.6 is 0 Å². The highest BCUT2D eigenvalue weighted by molar-refractivity contribution is 5.35. The van der Waals surface area contributed by atoms with Crippen LogP contribution in [0.2, 0.25) is 0 Å². The molecule has 0 unspecified atom stereocenters. The fourth-order valence-corrected chi connectivity index (χ4v) is 2.67. The molecule has 1 aromatic carbocycles. The van der Waals surface area contributed by atoms with Crippen LogP contribution in [0.3, 0.4) is 0 Å². The van der Waals surface area contributed by atoms with Crippen LogP contribution in [0.25, 0.3) is 0 Å². The second kappa shape index (κ2) is 5.85. The van der Waals surface area contributed by atoms with Crippen LogP contribution in [-0.2, 0) is 19.4 Å². The lowest BCUT2D eigenvalue weighted by molar-refractivity contribution is 0.0323. The van der Waals surface area contributed by atoms with Gasteiger partial charge in [-0.1, -0.05) is 32.0 Å². The van der Waals surface area contributed by atoms with E-state index in [0.29, 0.717) is 6.54 Å². The van der Waals surface area contributed by atoms with Gasteiger partial charge < -0.3 is 10.4 Å². The number of aliphatic hydroxyl groups is 1. The van der Waals surface area contributed by atoms with Gasteiger partial charge in [-0.05, 0) is 48.8 Å². The zero-order valence-electron chi connectivity index (χ0n) is 11.6. The second-order valence-electron chi connectivity index (χ2n) is 5.49. The molecule has 0 heterocycles. The van der Waals surface area contributed by atoms with Crippen molar-refractivity contribution in [3.05, 3.63) is 34.9 Å². The second-order valence-corrected chi connectivity index (χ2v) is 5.49. The molecule has 0 aromatic heterocycles. The molecule has 2 N–H and O–H groups in total. The zero-order chi connectivity index (χ0) is 13.0. The van der Waals surface area contributed by atoms with Crippen LogP contribution in [0.4, 0.5) is 0 Å². The monoisotopic (exact) mass is 247 g/mol. The largest absolute Gasteiger partial charge is 0.389 e. The van der Waals surface area contributed by atoms with Gasteiger partial charge in [0.2, 0.25) is 0 Å². The quantitative estimate of drug-likeness (QED) is 0.810. The molecule has 0 amide bonds. The van der Waals surface area contributed by atoms with Crippen molar-refractivity contribution in [2.45, 2.75) is 58.1 Å². The summed E-state index contributed by atoms with van der Waals surface area (Å²) in [6.45, 7) is 5.62. The maximum atomic E-state index is 10.2. The third-order valence-electron chi connectivity index (χ3n) is 4.26. The molecule has 1 aromatic rings. The standard InChI is InChI=1S/C16H25NO/c1-3-16(18,4-2)12-17-11-13-8-9-14-6-5-7-15(14)10-13/h8-10,17-18H,3-7,11-12H2,1-2H3. The fraction of sp³-hybridized carbons (Fsp3) is 0.625. The zero-order valence-corrected chi connectivity index (χ0v) is 11.6. The molecule has 2 heteroatoms. The van der Waals surface area contributed by atoms with Crippen molar-refractivity contribution in [2.75, 3.05) is 6.54 Å². The maximum Gasteiger partial charge on any atom is 0.0766 e. The number of fused-ring (bicyclic) bond motifs is 1. The van der Waals surface area contributed by atoms with Gasteiger partial charge in [0.25, 0.3) is 0 Å². The first-order valence-electron chi connectivity index (χ1n) is 7.20. The van der Waals surface area contributed by atoms with Crippen molar-refractivity contribution in [2.24, 2.45) is 0 Å². The molecule has 0 spiro atoms. The Labute approximate surface area is 110 Å². The lowest BCUT2D eigenvalue weighted by Crippen LogP contribution is -2.39. The van der Waals surface area contributed by atoms with E-state index >= 15 is 0 Å². The Balaban J connectivity index is 1.87. The summed E-state index contributed by atoms with van der Waals surface area (Å²) >= 11 is 0. The van der Waals surface area contributed by atoms with Crippen molar-refractivity contribution in [1.82, 2.24) is 5.32 Å². The van der Waals surface area contributed by atoms with Crippen molar-refractivity contribution in [3.8, 4) is 0 Å². The normalized spacial score (nSPS) is 14.8. The minimum Gasteiger partial charge on any atom is -0.389 e. The predicted octanol–water partition coefficient (Wildman–Crippen LogP) is 2.82. The van der Waals surface area contributed by atoms with Gasteiger partial charge in [-0.3, -0.25) is 0 Å². The minimum absolute atomic E-state index is 0.545. The number of rotatable bonds is 6. The molecule has 1 aliphatic carbocycles. The van der Waals surface area contributed by atoms with E-state index < -0.39 is 5.60 Å². The Morgan fingerprint density at radius 1 is 1.17 bits per heavy atom. The number of hydrogen-bond acceptors (Lipinski definition) is 2. The molecular formula is C16H25NO. The molecule has 0 radical (unpaired) electrons. The van der Waals surface area contributed by atoms with Gasteiger partial charge in [0, 0.05) is 13.1 Å². The van der Waals surface area contributed by atoms with Gasteiger partial charge >= 0.3 is 0 Å². The van der Waals surface area contributed by atoms with Crippen molar-refractivity contribution >= 4 is 0 Å². The molecule has 2 rings (SSSR count). The highest BCUT2D eigenvalue weighted by Crippen LogP contribution is 2.22. The molecule has 1 aliphatic rings. The lowest BCUT2D eigenvalue weighted by Gasteiger charge is -2.25.